The van der Waals surface area contributed by atoms with Gasteiger partial charge in [0.05, 0.1) is 0 Å². The van der Waals surface area contributed by atoms with Crippen LogP contribution in [0.3, 0.4) is 0 Å². The van der Waals surface area contributed by atoms with Crippen LogP contribution in [0.25, 0.3) is 0 Å². The summed E-state index contributed by atoms with van der Waals surface area (Å²) in [6, 6.07) is 0. The summed E-state index contributed by atoms with van der Waals surface area (Å²) in [5.74, 6) is 0. The Bertz CT molecular complexity index is 225. The Morgan fingerprint density at radius 3 is 2.50 bits per heavy atom. The molecule has 0 rings (SSSR count). The van der Waals surface area contributed by atoms with Crippen molar-refractivity contribution in [1.82, 2.24) is 0 Å². The van der Waals surface area contributed by atoms with Crippen LogP contribution >= 0.6 is 7.60 Å². The van der Waals surface area contributed by atoms with E-state index in [9.17, 15) is 4.57 Å². The Kier molecular flexibility index (Phi) is 9.68. The normalized spacial score (nSPS) is 13.7. The van der Waals surface area contributed by atoms with Crippen LogP contribution in [0.2, 0.25) is 5.32 Å². The van der Waals surface area contributed by atoms with Crippen molar-refractivity contribution in [3.8, 4) is 0 Å². The van der Waals surface area contributed by atoms with Crippen molar-refractivity contribution in [3.63, 3.8) is 0 Å². The third kappa shape index (κ3) is 5.65. The molecule has 0 saturated carbocycles. The van der Waals surface area contributed by atoms with Gasteiger partial charge in [0.25, 0.3) is 0 Å². The Balaban J connectivity index is 4.38. The van der Waals surface area contributed by atoms with Gasteiger partial charge in [-0.2, -0.15) is 0 Å². The van der Waals surface area contributed by atoms with Crippen LogP contribution in [0, 0.1) is 0 Å². The van der Waals surface area contributed by atoms with Crippen LogP contribution < -0.4 is 0 Å². The van der Waals surface area contributed by atoms with Crippen molar-refractivity contribution in [1.29, 1.82) is 0 Å². The van der Waals surface area contributed by atoms with Gasteiger partial charge < -0.3 is 0 Å². The van der Waals surface area contributed by atoms with E-state index in [1.165, 1.54) is 27.1 Å². The molecule has 96 valence electrons. The predicted octanol–water partition coefficient (Wildman–Crippen LogP) is 3.69. The second-order valence-electron chi connectivity index (χ2n) is 3.45. The van der Waals surface area contributed by atoms with Crippen molar-refractivity contribution in [2.45, 2.75) is 42.5 Å². The summed E-state index contributed by atoms with van der Waals surface area (Å²) in [6.07, 6.45) is 5.96. The fraction of sp³-hybridized carbons (Fsp3) is 0.818. The van der Waals surface area contributed by atoms with Gasteiger partial charge in [0.2, 0.25) is 0 Å². The molecule has 0 amide bonds. The topological polar surface area (TPSA) is 35.5 Å². The molecule has 5 heteroatoms. The van der Waals surface area contributed by atoms with Gasteiger partial charge in [0.15, 0.2) is 0 Å². The Labute approximate surface area is 106 Å². The second-order valence-corrected chi connectivity index (χ2v) is 9.42. The van der Waals surface area contributed by atoms with E-state index < -0.39 is 7.60 Å². The molecule has 0 aliphatic rings. The van der Waals surface area contributed by atoms with Crippen LogP contribution in [-0.2, 0) is 13.6 Å². The zero-order chi connectivity index (χ0) is 12.4. The molecule has 16 heavy (non-hydrogen) atoms. The average Bonchev–Trinajstić information content (AvgIpc) is 2.32. The molecule has 0 radical (unpaired) electrons. The first-order chi connectivity index (χ1) is 7.64. The molecule has 0 N–H and O–H groups in total. The number of allylic oxidation sites excluding steroid dienone is 1. The quantitative estimate of drug-likeness (QED) is 0.267. The van der Waals surface area contributed by atoms with Crippen molar-refractivity contribution in [2.24, 2.45) is 0 Å². The van der Waals surface area contributed by atoms with E-state index in [2.05, 4.69) is 13.5 Å². The molecule has 0 aliphatic heterocycles. The summed E-state index contributed by atoms with van der Waals surface area (Å²) in [4.78, 5) is 0. The van der Waals surface area contributed by atoms with E-state index in [1.807, 2.05) is 6.08 Å². The first-order valence-corrected chi connectivity index (χ1v) is 9.39. The zero-order valence-corrected chi connectivity index (χ0v) is 13.1. The Morgan fingerprint density at radius 2 is 2.06 bits per heavy atom. The zero-order valence-electron chi connectivity index (χ0n) is 10.5. The average molecular weight is 313 g/mol. The summed E-state index contributed by atoms with van der Waals surface area (Å²) in [5.41, 5.74) is 0. The molecule has 0 bridgehead atoms. The molecule has 1 atom stereocenters. The van der Waals surface area contributed by atoms with Crippen molar-refractivity contribution < 1.29 is 13.6 Å². The van der Waals surface area contributed by atoms with E-state index in [1.54, 1.807) is 0 Å². The molecular formula is C11H23O3PSe. The SMILES string of the molecule is C=CCCC([Se]CCCC)P(=O)(OC)OC. The van der Waals surface area contributed by atoms with Crippen LogP contribution in [0.5, 0.6) is 0 Å². The number of hydrogen-bond acceptors (Lipinski definition) is 3. The summed E-state index contributed by atoms with van der Waals surface area (Å²) in [5, 5.41) is 1.14. The summed E-state index contributed by atoms with van der Waals surface area (Å²) in [7, 11) is 0.0654. The molecule has 3 nitrogen and oxygen atoms in total. The van der Waals surface area contributed by atoms with Gasteiger partial charge >= 0.3 is 106 Å². The van der Waals surface area contributed by atoms with Crippen LogP contribution in [0.1, 0.15) is 32.6 Å². The molecule has 0 aromatic heterocycles. The Hall–Kier alpha value is 0.409. The molecule has 0 heterocycles. The van der Waals surface area contributed by atoms with E-state index in [-0.39, 0.29) is 4.56 Å². The molecule has 0 aromatic carbocycles. The van der Waals surface area contributed by atoms with Gasteiger partial charge in [-0.1, -0.05) is 0 Å². The van der Waals surface area contributed by atoms with Gasteiger partial charge in [0, 0.05) is 0 Å². The first kappa shape index (κ1) is 16.4. The third-order valence-corrected chi connectivity index (χ3v) is 9.07. The van der Waals surface area contributed by atoms with Crippen LogP contribution in [0.4, 0.5) is 0 Å². The minimum absolute atomic E-state index is 0.0690. The molecule has 0 aromatic rings. The Morgan fingerprint density at radius 1 is 1.44 bits per heavy atom. The van der Waals surface area contributed by atoms with Crippen molar-refractivity contribution >= 4 is 22.6 Å². The van der Waals surface area contributed by atoms with Crippen LogP contribution in [-0.4, -0.2) is 33.7 Å². The van der Waals surface area contributed by atoms with E-state index in [4.69, 9.17) is 9.05 Å². The molecule has 0 aliphatic carbocycles. The van der Waals surface area contributed by atoms with Gasteiger partial charge in [-0.15, -0.1) is 0 Å². The second kappa shape index (κ2) is 9.44. The fourth-order valence-electron chi connectivity index (χ4n) is 1.27. The fourth-order valence-corrected chi connectivity index (χ4v) is 7.48. The molecule has 1 unspecified atom stereocenters. The third-order valence-electron chi connectivity index (χ3n) is 2.29. The molecule has 0 spiro atoms. The number of hydrogen-bond donors (Lipinski definition) is 0. The summed E-state index contributed by atoms with van der Waals surface area (Å²) in [6.45, 7) is 5.87. The van der Waals surface area contributed by atoms with Gasteiger partial charge in [0.1, 0.15) is 0 Å². The summed E-state index contributed by atoms with van der Waals surface area (Å²) >= 11 is 0.320. The van der Waals surface area contributed by atoms with Crippen molar-refractivity contribution in [2.75, 3.05) is 14.2 Å². The molecule has 0 fully saturated rings. The number of rotatable bonds is 10. The first-order valence-electron chi connectivity index (χ1n) is 5.58. The van der Waals surface area contributed by atoms with Gasteiger partial charge in [-0.05, 0) is 0 Å². The van der Waals surface area contributed by atoms with Gasteiger partial charge in [-0.3, -0.25) is 0 Å². The van der Waals surface area contributed by atoms with E-state index in [0.29, 0.717) is 15.0 Å². The van der Waals surface area contributed by atoms with Crippen molar-refractivity contribution in [3.05, 3.63) is 12.7 Å². The maximum atomic E-state index is 12.3. The van der Waals surface area contributed by atoms with E-state index >= 15 is 0 Å². The standard InChI is InChI=1S/C11H23O3PSe/c1-5-7-9-11(16-10-8-6-2)15(12,13-3)14-4/h5,11H,1,6-10H2,2-4H3. The van der Waals surface area contributed by atoms with Crippen LogP contribution in [0.15, 0.2) is 12.7 Å². The monoisotopic (exact) mass is 314 g/mol. The molecular weight excluding hydrogens is 290 g/mol. The van der Waals surface area contributed by atoms with Gasteiger partial charge in [-0.25, -0.2) is 0 Å². The number of unbranched alkanes of at least 4 members (excludes halogenated alkanes) is 1. The maximum absolute atomic E-state index is 12.3. The predicted molar refractivity (Wildman–Crippen MR) is 70.3 cm³/mol. The molecule has 0 saturated heterocycles. The van der Waals surface area contributed by atoms with E-state index in [0.717, 1.165) is 18.2 Å². The minimum atomic E-state index is -2.88. The summed E-state index contributed by atoms with van der Waals surface area (Å²) < 4.78 is 22.5.